The van der Waals surface area contributed by atoms with Gasteiger partial charge in [-0.3, -0.25) is 9.59 Å². The van der Waals surface area contributed by atoms with Crippen molar-refractivity contribution in [1.82, 2.24) is 4.90 Å². The predicted octanol–water partition coefficient (Wildman–Crippen LogP) is 2.78. The number of ether oxygens (including phenoxy) is 2. The lowest BCUT2D eigenvalue weighted by atomic mass is 9.98. The SMILES string of the molecule is COC(=O)C1CCCN(C(=O)COc2cc(Cl)ccc2Cl)C1. The normalized spacial score (nSPS) is 18.0. The molecule has 1 unspecified atom stereocenters. The quantitative estimate of drug-likeness (QED) is 0.787. The standard InChI is InChI=1S/C15H17Cl2NO4/c1-21-15(20)10-3-2-6-18(8-10)14(19)9-22-13-7-11(16)4-5-12(13)17/h4-5,7,10H,2-3,6,8-9H2,1H3. The first-order valence-corrected chi connectivity index (χ1v) is 7.70. The van der Waals surface area contributed by atoms with Crippen molar-refractivity contribution in [2.75, 3.05) is 26.8 Å². The molecule has 0 radical (unpaired) electrons. The minimum Gasteiger partial charge on any atom is -0.482 e. The Labute approximate surface area is 139 Å². The lowest BCUT2D eigenvalue weighted by Gasteiger charge is -2.31. The molecule has 0 saturated carbocycles. The van der Waals surface area contributed by atoms with E-state index in [2.05, 4.69) is 0 Å². The Morgan fingerprint density at radius 2 is 2.14 bits per heavy atom. The van der Waals surface area contributed by atoms with Crippen LogP contribution in [0.5, 0.6) is 5.75 Å². The van der Waals surface area contributed by atoms with Crippen molar-refractivity contribution < 1.29 is 19.1 Å². The van der Waals surface area contributed by atoms with Gasteiger partial charge in [0, 0.05) is 24.2 Å². The highest BCUT2D eigenvalue weighted by molar-refractivity contribution is 6.34. The monoisotopic (exact) mass is 345 g/mol. The molecule has 1 aliphatic rings. The second-order valence-electron chi connectivity index (χ2n) is 5.07. The fourth-order valence-electron chi connectivity index (χ4n) is 2.38. The molecule has 1 heterocycles. The largest absolute Gasteiger partial charge is 0.482 e. The molecule has 0 bridgehead atoms. The first-order chi connectivity index (χ1) is 10.5. The molecule has 0 spiro atoms. The first-order valence-electron chi connectivity index (χ1n) is 6.94. The maximum Gasteiger partial charge on any atom is 0.310 e. The number of hydrogen-bond donors (Lipinski definition) is 0. The van der Waals surface area contributed by atoms with E-state index in [1.165, 1.54) is 7.11 Å². The molecule has 0 N–H and O–H groups in total. The second-order valence-corrected chi connectivity index (χ2v) is 5.91. The zero-order valence-electron chi connectivity index (χ0n) is 12.2. The van der Waals surface area contributed by atoms with Crippen molar-refractivity contribution >= 4 is 35.1 Å². The van der Waals surface area contributed by atoms with Crippen molar-refractivity contribution in [1.29, 1.82) is 0 Å². The van der Waals surface area contributed by atoms with Crippen LogP contribution in [0.15, 0.2) is 18.2 Å². The molecule has 1 amide bonds. The number of amides is 1. The molecule has 5 nitrogen and oxygen atoms in total. The first kappa shape index (κ1) is 16.9. The third kappa shape index (κ3) is 4.27. The minimum absolute atomic E-state index is 0.145. The fraction of sp³-hybridized carbons (Fsp3) is 0.467. The maximum absolute atomic E-state index is 12.2. The zero-order chi connectivity index (χ0) is 16.1. The number of carbonyl (C=O) groups is 2. The highest BCUT2D eigenvalue weighted by Crippen LogP contribution is 2.27. The smallest absolute Gasteiger partial charge is 0.310 e. The fourth-order valence-corrected chi connectivity index (χ4v) is 2.72. The molecule has 2 rings (SSSR count). The van der Waals surface area contributed by atoms with E-state index in [-0.39, 0.29) is 24.4 Å². The highest BCUT2D eigenvalue weighted by Gasteiger charge is 2.29. The summed E-state index contributed by atoms with van der Waals surface area (Å²) in [5.41, 5.74) is 0. The van der Waals surface area contributed by atoms with Gasteiger partial charge in [0.25, 0.3) is 5.91 Å². The maximum atomic E-state index is 12.2. The number of piperidine rings is 1. The zero-order valence-corrected chi connectivity index (χ0v) is 13.7. The van der Waals surface area contributed by atoms with Crippen molar-refractivity contribution in [3.05, 3.63) is 28.2 Å². The van der Waals surface area contributed by atoms with Crippen molar-refractivity contribution in [2.24, 2.45) is 5.92 Å². The van der Waals surface area contributed by atoms with E-state index in [0.29, 0.717) is 28.9 Å². The number of likely N-dealkylation sites (tertiary alicyclic amines) is 1. The Bertz CT molecular complexity index is 564. The topological polar surface area (TPSA) is 55.8 Å². The van der Waals surface area contributed by atoms with Gasteiger partial charge in [-0.05, 0) is 25.0 Å². The Kier molecular flexibility index (Phi) is 5.91. The molecule has 1 aromatic carbocycles. The molecule has 7 heteroatoms. The lowest BCUT2D eigenvalue weighted by Crippen LogP contribution is -2.44. The van der Waals surface area contributed by atoms with Crippen molar-refractivity contribution in [3.63, 3.8) is 0 Å². The molecule has 1 aromatic rings. The summed E-state index contributed by atoms with van der Waals surface area (Å²) in [7, 11) is 1.35. The van der Waals surface area contributed by atoms with Crippen LogP contribution in [-0.2, 0) is 14.3 Å². The van der Waals surface area contributed by atoms with Gasteiger partial charge in [-0.1, -0.05) is 23.2 Å². The van der Waals surface area contributed by atoms with Gasteiger partial charge in [0.15, 0.2) is 6.61 Å². The van der Waals surface area contributed by atoms with Crippen molar-refractivity contribution in [3.8, 4) is 5.75 Å². The molecule has 1 fully saturated rings. The third-order valence-electron chi connectivity index (χ3n) is 3.55. The van der Waals surface area contributed by atoms with Crippen LogP contribution in [0.25, 0.3) is 0 Å². The van der Waals surface area contributed by atoms with E-state index in [4.69, 9.17) is 32.7 Å². The summed E-state index contributed by atoms with van der Waals surface area (Å²) in [5, 5.41) is 0.874. The van der Waals surface area contributed by atoms with Gasteiger partial charge < -0.3 is 14.4 Å². The number of carbonyl (C=O) groups excluding carboxylic acids is 2. The molecule has 1 aliphatic heterocycles. The molecule has 1 atom stereocenters. The number of benzene rings is 1. The van der Waals surface area contributed by atoms with E-state index in [9.17, 15) is 9.59 Å². The van der Waals surface area contributed by atoms with Crippen LogP contribution in [0, 0.1) is 5.92 Å². The average molecular weight is 346 g/mol. The number of rotatable bonds is 4. The van der Waals surface area contributed by atoms with Crippen LogP contribution in [0.4, 0.5) is 0 Å². The van der Waals surface area contributed by atoms with Gasteiger partial charge in [-0.15, -0.1) is 0 Å². The predicted molar refractivity (Wildman–Crippen MR) is 83.3 cm³/mol. The van der Waals surface area contributed by atoms with Crippen LogP contribution in [0.3, 0.4) is 0 Å². The molecule has 0 aromatic heterocycles. The van der Waals surface area contributed by atoms with Gasteiger partial charge in [-0.25, -0.2) is 0 Å². The Hall–Kier alpha value is -1.46. The van der Waals surface area contributed by atoms with Gasteiger partial charge >= 0.3 is 5.97 Å². The summed E-state index contributed by atoms with van der Waals surface area (Å²) in [5.74, 6) is -0.373. The van der Waals surface area contributed by atoms with E-state index >= 15 is 0 Å². The van der Waals surface area contributed by atoms with Crippen LogP contribution in [0.2, 0.25) is 10.0 Å². The molecule has 0 aliphatic carbocycles. The van der Waals surface area contributed by atoms with Crippen molar-refractivity contribution in [2.45, 2.75) is 12.8 Å². The molecule has 1 saturated heterocycles. The number of hydrogen-bond acceptors (Lipinski definition) is 4. The lowest BCUT2D eigenvalue weighted by molar-refractivity contribution is -0.149. The number of halogens is 2. The van der Waals surface area contributed by atoms with Gasteiger partial charge in [0.2, 0.25) is 0 Å². The van der Waals surface area contributed by atoms with Gasteiger partial charge in [0.05, 0.1) is 18.1 Å². The summed E-state index contributed by atoms with van der Waals surface area (Å²) in [6, 6.07) is 4.81. The van der Waals surface area contributed by atoms with Crippen LogP contribution in [-0.4, -0.2) is 43.6 Å². The average Bonchev–Trinajstić information content (AvgIpc) is 2.54. The molecular weight excluding hydrogens is 329 g/mol. The molecule has 22 heavy (non-hydrogen) atoms. The van der Waals surface area contributed by atoms with E-state index in [1.54, 1.807) is 23.1 Å². The Morgan fingerprint density at radius 1 is 1.36 bits per heavy atom. The van der Waals surface area contributed by atoms with Gasteiger partial charge in [0.1, 0.15) is 5.75 Å². The summed E-state index contributed by atoms with van der Waals surface area (Å²) < 4.78 is 10.2. The van der Waals surface area contributed by atoms with Gasteiger partial charge in [-0.2, -0.15) is 0 Å². The van der Waals surface area contributed by atoms with Crippen LogP contribution >= 0.6 is 23.2 Å². The van der Waals surface area contributed by atoms with E-state index in [0.717, 1.165) is 12.8 Å². The van der Waals surface area contributed by atoms with Crippen LogP contribution < -0.4 is 4.74 Å². The summed E-state index contributed by atoms with van der Waals surface area (Å²) >= 11 is 11.8. The summed E-state index contributed by atoms with van der Waals surface area (Å²) in [6.07, 6.45) is 1.50. The number of nitrogens with zero attached hydrogens (tertiary/aromatic N) is 1. The second kappa shape index (κ2) is 7.70. The summed E-state index contributed by atoms with van der Waals surface area (Å²) in [6.45, 7) is 0.824. The molecular formula is C15H17Cl2NO4. The Balaban J connectivity index is 1.91. The molecule has 120 valence electrons. The minimum atomic E-state index is -0.281. The van der Waals surface area contributed by atoms with Crippen LogP contribution in [0.1, 0.15) is 12.8 Å². The number of esters is 1. The van der Waals surface area contributed by atoms with E-state index < -0.39 is 0 Å². The van der Waals surface area contributed by atoms with E-state index in [1.807, 2.05) is 0 Å². The number of methoxy groups -OCH3 is 1. The highest BCUT2D eigenvalue weighted by atomic mass is 35.5. The third-order valence-corrected chi connectivity index (χ3v) is 4.10. The Morgan fingerprint density at radius 3 is 2.86 bits per heavy atom. The summed E-state index contributed by atoms with van der Waals surface area (Å²) in [4.78, 5) is 25.4.